The molecule has 2 amide bonds. The van der Waals surface area contributed by atoms with Crippen LogP contribution in [0.25, 0.3) is 0 Å². The summed E-state index contributed by atoms with van der Waals surface area (Å²) < 4.78 is 17.8. The maximum atomic E-state index is 12.8. The normalized spacial score (nSPS) is 20.2. The monoisotopic (exact) mass is 246 g/mol. The average Bonchev–Trinajstić information content (AvgIpc) is 2.58. The highest BCUT2D eigenvalue weighted by molar-refractivity contribution is 5.82. The van der Waals surface area contributed by atoms with Crippen molar-refractivity contribution < 1.29 is 18.7 Å². The van der Waals surface area contributed by atoms with Crippen LogP contribution >= 0.6 is 0 Å². The summed E-state index contributed by atoms with van der Waals surface area (Å²) in [5.41, 5.74) is -0.592. The Morgan fingerprint density at radius 3 is 2.59 bits per heavy atom. The topological polar surface area (TPSA) is 58.6 Å². The first kappa shape index (κ1) is 13.7. The largest absolute Gasteiger partial charge is 0.444 e. The summed E-state index contributed by atoms with van der Waals surface area (Å²) in [6.07, 6.45) is -1.21. The van der Waals surface area contributed by atoms with E-state index in [2.05, 4.69) is 5.32 Å². The van der Waals surface area contributed by atoms with Crippen LogP contribution in [0.3, 0.4) is 0 Å². The average molecular weight is 246 g/mol. The van der Waals surface area contributed by atoms with Crippen molar-refractivity contribution in [3.63, 3.8) is 0 Å². The van der Waals surface area contributed by atoms with Gasteiger partial charge in [-0.15, -0.1) is 0 Å². The van der Waals surface area contributed by atoms with Crippen molar-refractivity contribution >= 4 is 12.0 Å². The van der Waals surface area contributed by atoms with Gasteiger partial charge in [-0.2, -0.15) is 0 Å². The number of nitrogens with one attached hydrogen (secondary N) is 1. The molecule has 98 valence electrons. The number of hydrogen-bond acceptors (Lipinski definition) is 3. The lowest BCUT2D eigenvalue weighted by molar-refractivity contribution is -0.129. The van der Waals surface area contributed by atoms with E-state index in [0.717, 1.165) is 0 Å². The summed E-state index contributed by atoms with van der Waals surface area (Å²) in [6.45, 7) is 5.60. The van der Waals surface area contributed by atoms with Crippen molar-refractivity contribution in [1.29, 1.82) is 0 Å². The van der Waals surface area contributed by atoms with Crippen LogP contribution in [0, 0.1) is 0 Å². The van der Waals surface area contributed by atoms with Crippen LogP contribution in [-0.4, -0.2) is 48.3 Å². The molecule has 1 atom stereocenters. The molecule has 1 aliphatic heterocycles. The van der Waals surface area contributed by atoms with Gasteiger partial charge < -0.3 is 15.0 Å². The third kappa shape index (κ3) is 5.01. The molecule has 6 heteroatoms. The minimum Gasteiger partial charge on any atom is -0.444 e. The highest BCUT2D eigenvalue weighted by Crippen LogP contribution is 2.12. The van der Waals surface area contributed by atoms with Crippen LogP contribution in [0.1, 0.15) is 27.2 Å². The molecule has 1 aliphatic rings. The highest BCUT2D eigenvalue weighted by Gasteiger charge is 2.26. The first-order valence-electron chi connectivity index (χ1n) is 5.66. The predicted molar refractivity (Wildman–Crippen MR) is 60.3 cm³/mol. The third-order valence-corrected chi connectivity index (χ3v) is 2.27. The lowest BCUT2D eigenvalue weighted by atomic mass is 10.2. The Labute approximate surface area is 100 Å². The number of nitrogens with zero attached hydrogens (tertiary/aromatic N) is 1. The van der Waals surface area contributed by atoms with Crippen LogP contribution in [0.2, 0.25) is 0 Å². The minimum absolute atomic E-state index is 0.120. The van der Waals surface area contributed by atoms with Gasteiger partial charge in [0.25, 0.3) is 0 Å². The van der Waals surface area contributed by atoms with Gasteiger partial charge in [0.1, 0.15) is 18.3 Å². The molecule has 0 saturated carbocycles. The number of halogens is 1. The SMILES string of the molecule is CC(C)(C)OC(=O)NCC(=O)N1CCC(F)C1. The number of alkyl carbamates (subject to hydrolysis) is 1. The van der Waals surface area contributed by atoms with Gasteiger partial charge in [-0.05, 0) is 27.2 Å². The molecule has 1 N–H and O–H groups in total. The van der Waals surface area contributed by atoms with Gasteiger partial charge in [-0.25, -0.2) is 9.18 Å². The molecule has 1 rings (SSSR count). The number of hydrogen-bond donors (Lipinski definition) is 1. The fourth-order valence-corrected chi connectivity index (χ4v) is 1.52. The number of rotatable bonds is 2. The van der Waals surface area contributed by atoms with E-state index in [1.54, 1.807) is 20.8 Å². The summed E-state index contributed by atoms with van der Waals surface area (Å²) in [6, 6.07) is 0. The second-order valence-electron chi connectivity index (χ2n) is 5.08. The number of ether oxygens (including phenoxy) is 1. The fraction of sp³-hybridized carbons (Fsp3) is 0.818. The Kier molecular flexibility index (Phi) is 4.31. The van der Waals surface area contributed by atoms with E-state index >= 15 is 0 Å². The minimum atomic E-state index is -0.944. The van der Waals surface area contributed by atoms with E-state index in [9.17, 15) is 14.0 Å². The molecule has 1 heterocycles. The van der Waals surface area contributed by atoms with Gasteiger partial charge in [-0.1, -0.05) is 0 Å². The first-order chi connectivity index (χ1) is 7.78. The summed E-state index contributed by atoms with van der Waals surface area (Å²) in [5.74, 6) is -0.281. The fourth-order valence-electron chi connectivity index (χ4n) is 1.52. The van der Waals surface area contributed by atoms with Crippen LogP contribution in [0.15, 0.2) is 0 Å². The molecule has 1 fully saturated rings. The zero-order valence-electron chi connectivity index (χ0n) is 10.5. The molecule has 5 nitrogen and oxygen atoms in total. The van der Waals surface area contributed by atoms with Crippen molar-refractivity contribution in [2.75, 3.05) is 19.6 Å². The Balaban J connectivity index is 2.26. The molecule has 1 saturated heterocycles. The van der Waals surface area contributed by atoms with Gasteiger partial charge in [0.15, 0.2) is 0 Å². The Morgan fingerprint density at radius 1 is 1.47 bits per heavy atom. The van der Waals surface area contributed by atoms with Crippen molar-refractivity contribution in [2.24, 2.45) is 0 Å². The standard InChI is InChI=1S/C11H19FN2O3/c1-11(2,3)17-10(16)13-6-9(15)14-5-4-8(12)7-14/h8H,4-7H2,1-3H3,(H,13,16). The first-order valence-corrected chi connectivity index (χ1v) is 5.66. The Morgan fingerprint density at radius 2 is 2.12 bits per heavy atom. The van der Waals surface area contributed by atoms with Crippen LogP contribution < -0.4 is 5.32 Å². The molecule has 0 aromatic carbocycles. The highest BCUT2D eigenvalue weighted by atomic mass is 19.1. The van der Waals surface area contributed by atoms with Gasteiger partial charge in [0, 0.05) is 6.54 Å². The number of amides is 2. The van der Waals surface area contributed by atoms with Crippen LogP contribution in [0.4, 0.5) is 9.18 Å². The third-order valence-electron chi connectivity index (χ3n) is 2.27. The lowest BCUT2D eigenvalue weighted by Gasteiger charge is -2.20. The number of carbonyl (C=O) groups excluding carboxylic acids is 2. The molecule has 0 aliphatic carbocycles. The molecule has 0 radical (unpaired) electrons. The number of likely N-dealkylation sites (tertiary alicyclic amines) is 1. The lowest BCUT2D eigenvalue weighted by Crippen LogP contribution is -2.41. The van der Waals surface area contributed by atoms with Crippen molar-refractivity contribution in [2.45, 2.75) is 39.0 Å². The van der Waals surface area contributed by atoms with E-state index in [-0.39, 0.29) is 19.0 Å². The molecule has 0 aromatic rings. The smallest absolute Gasteiger partial charge is 0.408 e. The van der Waals surface area contributed by atoms with Gasteiger partial charge in [0.05, 0.1) is 6.54 Å². The van der Waals surface area contributed by atoms with E-state index < -0.39 is 17.9 Å². The predicted octanol–water partition coefficient (Wildman–Crippen LogP) is 1.08. The van der Waals surface area contributed by atoms with Crippen molar-refractivity contribution in [1.82, 2.24) is 10.2 Å². The van der Waals surface area contributed by atoms with Crippen LogP contribution in [0.5, 0.6) is 0 Å². The van der Waals surface area contributed by atoms with E-state index in [1.807, 2.05) is 0 Å². The zero-order valence-corrected chi connectivity index (χ0v) is 10.5. The molecule has 0 bridgehead atoms. The summed E-state index contributed by atoms with van der Waals surface area (Å²) >= 11 is 0. The summed E-state index contributed by atoms with van der Waals surface area (Å²) in [4.78, 5) is 24.2. The quantitative estimate of drug-likeness (QED) is 0.793. The van der Waals surface area contributed by atoms with Crippen molar-refractivity contribution in [3.8, 4) is 0 Å². The van der Waals surface area contributed by atoms with E-state index in [4.69, 9.17) is 4.74 Å². The zero-order chi connectivity index (χ0) is 13.1. The summed E-state index contributed by atoms with van der Waals surface area (Å²) in [7, 11) is 0. The molecule has 1 unspecified atom stereocenters. The van der Waals surface area contributed by atoms with Crippen LogP contribution in [-0.2, 0) is 9.53 Å². The van der Waals surface area contributed by atoms with E-state index in [1.165, 1.54) is 4.90 Å². The number of carbonyl (C=O) groups is 2. The molecular formula is C11H19FN2O3. The van der Waals surface area contributed by atoms with E-state index in [0.29, 0.717) is 13.0 Å². The van der Waals surface area contributed by atoms with Gasteiger partial charge >= 0.3 is 6.09 Å². The van der Waals surface area contributed by atoms with Gasteiger partial charge in [-0.3, -0.25) is 4.79 Å². The Hall–Kier alpha value is -1.33. The molecule has 0 aromatic heterocycles. The number of alkyl halides is 1. The molecule has 0 spiro atoms. The van der Waals surface area contributed by atoms with Crippen molar-refractivity contribution in [3.05, 3.63) is 0 Å². The van der Waals surface area contributed by atoms with Gasteiger partial charge in [0.2, 0.25) is 5.91 Å². The summed E-state index contributed by atoms with van der Waals surface area (Å²) in [5, 5.41) is 2.36. The second kappa shape index (κ2) is 5.33. The maximum absolute atomic E-state index is 12.8. The molecular weight excluding hydrogens is 227 g/mol. The second-order valence-corrected chi connectivity index (χ2v) is 5.08. The molecule has 17 heavy (non-hydrogen) atoms. The Bertz CT molecular complexity index is 302. The maximum Gasteiger partial charge on any atom is 0.408 e.